The summed E-state index contributed by atoms with van der Waals surface area (Å²) in [6.45, 7) is 2.39. The van der Waals surface area contributed by atoms with Crippen LogP contribution in [0.2, 0.25) is 0 Å². The predicted octanol–water partition coefficient (Wildman–Crippen LogP) is 3.63. The van der Waals surface area contributed by atoms with E-state index in [0.717, 1.165) is 22.1 Å². The highest BCUT2D eigenvalue weighted by atomic mass is 19.1. The van der Waals surface area contributed by atoms with Crippen LogP contribution in [0.25, 0.3) is 10.8 Å². The summed E-state index contributed by atoms with van der Waals surface area (Å²) in [5.41, 5.74) is 1.71. The van der Waals surface area contributed by atoms with Gasteiger partial charge in [-0.25, -0.2) is 4.39 Å². The summed E-state index contributed by atoms with van der Waals surface area (Å²) in [5.74, 6) is 0.610. The van der Waals surface area contributed by atoms with Crippen LogP contribution in [0, 0.1) is 5.82 Å². The molecule has 2 heterocycles. The zero-order chi connectivity index (χ0) is 19.1. The van der Waals surface area contributed by atoms with E-state index in [1.165, 1.54) is 6.07 Å². The van der Waals surface area contributed by atoms with Crippen molar-refractivity contribution in [2.75, 3.05) is 31.1 Å². The van der Waals surface area contributed by atoms with Gasteiger partial charge in [0.15, 0.2) is 6.10 Å². The molecule has 0 aromatic heterocycles. The second kappa shape index (κ2) is 6.82. The van der Waals surface area contributed by atoms with Gasteiger partial charge in [0.1, 0.15) is 11.6 Å². The lowest BCUT2D eigenvalue weighted by Gasteiger charge is -2.37. The van der Waals surface area contributed by atoms with Gasteiger partial charge in [-0.1, -0.05) is 42.5 Å². The number of nitrogens with zero attached hydrogens (tertiary/aromatic N) is 2. The van der Waals surface area contributed by atoms with Crippen molar-refractivity contribution in [1.82, 2.24) is 4.90 Å². The molecule has 0 N–H and O–H groups in total. The predicted molar refractivity (Wildman–Crippen MR) is 107 cm³/mol. The third-order valence-corrected chi connectivity index (χ3v) is 5.72. The number of piperazine rings is 1. The van der Waals surface area contributed by atoms with Crippen LogP contribution in [-0.4, -0.2) is 43.1 Å². The first-order valence-corrected chi connectivity index (χ1v) is 9.66. The Balaban J connectivity index is 1.28. The van der Waals surface area contributed by atoms with Crippen LogP contribution >= 0.6 is 0 Å². The first-order valence-electron chi connectivity index (χ1n) is 9.66. The van der Waals surface area contributed by atoms with Crippen LogP contribution in [0.1, 0.15) is 5.56 Å². The SMILES string of the molecule is O=C([C@H]1Cc2c(ccc3ccccc23)O1)N1CCN(c2ccccc2F)CC1. The van der Waals surface area contributed by atoms with E-state index in [-0.39, 0.29) is 11.7 Å². The van der Waals surface area contributed by atoms with Crippen molar-refractivity contribution in [1.29, 1.82) is 0 Å². The molecule has 1 atom stereocenters. The maximum atomic E-state index is 14.0. The first kappa shape index (κ1) is 17.0. The van der Waals surface area contributed by atoms with Crippen LogP contribution in [0.3, 0.4) is 0 Å². The summed E-state index contributed by atoms with van der Waals surface area (Å²) in [6.07, 6.45) is 0.129. The highest BCUT2D eigenvalue weighted by Crippen LogP contribution is 2.35. The Kier molecular flexibility index (Phi) is 4.15. The van der Waals surface area contributed by atoms with E-state index in [4.69, 9.17) is 4.74 Å². The molecule has 1 fully saturated rings. The van der Waals surface area contributed by atoms with Gasteiger partial charge in [-0.3, -0.25) is 4.79 Å². The number of hydrogen-bond acceptors (Lipinski definition) is 3. The largest absolute Gasteiger partial charge is 0.480 e. The number of anilines is 1. The molecule has 0 unspecified atom stereocenters. The summed E-state index contributed by atoms with van der Waals surface area (Å²) >= 11 is 0. The molecule has 3 aromatic carbocycles. The number of halogens is 1. The molecule has 1 amide bonds. The molecule has 0 aliphatic carbocycles. The van der Waals surface area contributed by atoms with E-state index in [0.29, 0.717) is 38.3 Å². The molecule has 2 aliphatic heterocycles. The van der Waals surface area contributed by atoms with E-state index in [9.17, 15) is 9.18 Å². The van der Waals surface area contributed by atoms with Gasteiger partial charge in [0, 0.05) is 38.2 Å². The average molecular weight is 376 g/mol. The molecule has 28 heavy (non-hydrogen) atoms. The minimum atomic E-state index is -0.471. The first-order chi connectivity index (χ1) is 13.7. The van der Waals surface area contributed by atoms with Crippen molar-refractivity contribution < 1.29 is 13.9 Å². The molecule has 5 heteroatoms. The Morgan fingerprint density at radius 1 is 0.929 bits per heavy atom. The summed E-state index contributed by atoms with van der Waals surface area (Å²) in [6, 6.07) is 19.0. The lowest BCUT2D eigenvalue weighted by Crippen LogP contribution is -2.52. The highest BCUT2D eigenvalue weighted by Gasteiger charge is 2.34. The smallest absolute Gasteiger partial charge is 0.264 e. The normalized spacial score (nSPS) is 18.8. The van der Waals surface area contributed by atoms with Gasteiger partial charge in [-0.15, -0.1) is 0 Å². The lowest BCUT2D eigenvalue weighted by molar-refractivity contribution is -0.138. The number of carbonyl (C=O) groups excluding carboxylic acids is 1. The van der Waals surface area contributed by atoms with Gasteiger partial charge in [-0.2, -0.15) is 0 Å². The number of fused-ring (bicyclic) bond motifs is 3. The van der Waals surface area contributed by atoms with Gasteiger partial charge < -0.3 is 14.5 Å². The molecule has 2 aliphatic rings. The van der Waals surface area contributed by atoms with Crippen LogP contribution in [0.15, 0.2) is 60.7 Å². The van der Waals surface area contributed by atoms with Gasteiger partial charge in [-0.05, 0) is 29.0 Å². The minimum Gasteiger partial charge on any atom is -0.480 e. The topological polar surface area (TPSA) is 32.8 Å². The molecule has 5 rings (SSSR count). The van der Waals surface area contributed by atoms with Crippen LogP contribution in [-0.2, 0) is 11.2 Å². The molecule has 3 aromatic rings. The maximum Gasteiger partial charge on any atom is 0.264 e. The summed E-state index contributed by atoms with van der Waals surface area (Å²) in [7, 11) is 0. The molecular weight excluding hydrogens is 355 g/mol. The van der Waals surface area contributed by atoms with Crippen molar-refractivity contribution >= 4 is 22.4 Å². The number of hydrogen-bond donors (Lipinski definition) is 0. The molecule has 0 bridgehead atoms. The van der Waals surface area contributed by atoms with Crippen LogP contribution in [0.4, 0.5) is 10.1 Å². The monoisotopic (exact) mass is 376 g/mol. The number of ether oxygens (including phenoxy) is 1. The second-order valence-electron chi connectivity index (χ2n) is 7.34. The Labute approximate surface area is 163 Å². The lowest BCUT2D eigenvalue weighted by atomic mass is 10.0. The van der Waals surface area contributed by atoms with E-state index in [1.807, 2.05) is 40.1 Å². The van der Waals surface area contributed by atoms with Crippen LogP contribution in [0.5, 0.6) is 5.75 Å². The fourth-order valence-electron chi connectivity index (χ4n) is 4.23. The quantitative estimate of drug-likeness (QED) is 0.685. The number of carbonyl (C=O) groups is 1. The third-order valence-electron chi connectivity index (χ3n) is 5.72. The molecule has 4 nitrogen and oxygen atoms in total. The van der Waals surface area contributed by atoms with Crippen molar-refractivity contribution in [2.24, 2.45) is 0 Å². The maximum absolute atomic E-state index is 14.0. The zero-order valence-electron chi connectivity index (χ0n) is 15.5. The number of amides is 1. The summed E-state index contributed by atoms with van der Waals surface area (Å²) < 4.78 is 20.0. The molecule has 142 valence electrons. The summed E-state index contributed by atoms with van der Waals surface area (Å²) in [4.78, 5) is 16.9. The van der Waals surface area contributed by atoms with Crippen molar-refractivity contribution in [3.8, 4) is 5.75 Å². The van der Waals surface area contributed by atoms with Crippen LogP contribution < -0.4 is 9.64 Å². The Morgan fingerprint density at radius 2 is 1.68 bits per heavy atom. The minimum absolute atomic E-state index is 0.0217. The molecule has 0 spiro atoms. The molecule has 1 saturated heterocycles. The Morgan fingerprint density at radius 3 is 2.50 bits per heavy atom. The number of rotatable bonds is 2. The van der Waals surface area contributed by atoms with Gasteiger partial charge >= 0.3 is 0 Å². The van der Waals surface area contributed by atoms with E-state index < -0.39 is 6.10 Å². The zero-order valence-corrected chi connectivity index (χ0v) is 15.5. The Hall–Kier alpha value is -3.08. The highest BCUT2D eigenvalue weighted by molar-refractivity contribution is 5.91. The fraction of sp³-hybridized carbons (Fsp3) is 0.261. The average Bonchev–Trinajstić information content (AvgIpc) is 3.19. The van der Waals surface area contributed by atoms with Crippen molar-refractivity contribution in [3.63, 3.8) is 0 Å². The van der Waals surface area contributed by atoms with E-state index in [1.54, 1.807) is 12.1 Å². The number of benzene rings is 3. The summed E-state index contributed by atoms with van der Waals surface area (Å²) in [5, 5.41) is 2.32. The van der Waals surface area contributed by atoms with Gasteiger partial charge in [0.05, 0.1) is 5.69 Å². The van der Waals surface area contributed by atoms with Gasteiger partial charge in [0.25, 0.3) is 5.91 Å². The van der Waals surface area contributed by atoms with Crippen molar-refractivity contribution in [2.45, 2.75) is 12.5 Å². The second-order valence-corrected chi connectivity index (χ2v) is 7.34. The fourth-order valence-corrected chi connectivity index (χ4v) is 4.23. The standard InChI is InChI=1S/C23H21FN2O2/c24-19-7-3-4-8-20(19)25-11-13-26(14-12-25)23(27)22-15-18-17-6-2-1-5-16(17)9-10-21(18)28-22/h1-10,22H,11-15H2/t22-/m1/s1. The molecule has 0 radical (unpaired) electrons. The number of para-hydroxylation sites is 1. The third kappa shape index (κ3) is 2.87. The van der Waals surface area contributed by atoms with Crippen molar-refractivity contribution in [3.05, 3.63) is 72.0 Å². The molecular formula is C23H21FN2O2. The Bertz CT molecular complexity index is 1040. The van der Waals surface area contributed by atoms with E-state index >= 15 is 0 Å². The molecule has 0 saturated carbocycles. The van der Waals surface area contributed by atoms with Gasteiger partial charge in [0.2, 0.25) is 0 Å². The van der Waals surface area contributed by atoms with E-state index in [2.05, 4.69) is 12.1 Å².